The maximum absolute atomic E-state index is 9.86. The molecule has 0 heterocycles. The van der Waals surface area contributed by atoms with E-state index in [1.54, 1.807) is 0 Å². The highest BCUT2D eigenvalue weighted by Crippen LogP contribution is 2.04. The van der Waals surface area contributed by atoms with Gasteiger partial charge in [0.15, 0.2) is 0 Å². The molecule has 0 unspecified atom stereocenters. The molecular weight excluding hydrogens is 150 g/mol. The number of hydrogen-bond donors (Lipinski definition) is 0. The molecule has 0 amide bonds. The van der Waals surface area contributed by atoms with Crippen molar-refractivity contribution in [1.82, 2.24) is 0 Å². The Hall–Kier alpha value is -1.10. The van der Waals surface area contributed by atoms with Crippen molar-refractivity contribution in [1.29, 1.82) is 5.26 Å². The van der Waals surface area contributed by atoms with Crippen LogP contribution in [0.25, 0.3) is 0 Å². The molecule has 0 fully saturated rings. The SMILES string of the molecule is N#CCCCCCCC=CC=O. The number of allylic oxidation sites excluding steroid dienone is 2. The minimum atomic E-state index is 0.671. The van der Waals surface area contributed by atoms with Crippen molar-refractivity contribution in [3.05, 3.63) is 12.2 Å². The van der Waals surface area contributed by atoms with E-state index in [1.165, 1.54) is 6.08 Å². The van der Waals surface area contributed by atoms with E-state index in [2.05, 4.69) is 6.07 Å². The lowest BCUT2D eigenvalue weighted by molar-refractivity contribution is -0.104. The first-order chi connectivity index (χ1) is 5.91. The molecular formula is C10H15NO. The maximum atomic E-state index is 9.86. The van der Waals surface area contributed by atoms with E-state index >= 15 is 0 Å². The molecule has 0 aliphatic carbocycles. The summed E-state index contributed by atoms with van der Waals surface area (Å²) in [4.78, 5) is 9.86. The van der Waals surface area contributed by atoms with Crippen molar-refractivity contribution in [3.8, 4) is 6.07 Å². The van der Waals surface area contributed by atoms with Crippen LogP contribution in [-0.2, 0) is 4.79 Å². The van der Waals surface area contributed by atoms with E-state index in [0.29, 0.717) is 6.42 Å². The van der Waals surface area contributed by atoms with E-state index in [-0.39, 0.29) is 0 Å². The highest BCUT2D eigenvalue weighted by molar-refractivity contribution is 5.64. The molecule has 0 spiro atoms. The van der Waals surface area contributed by atoms with Crippen LogP contribution in [0.2, 0.25) is 0 Å². The number of nitriles is 1. The predicted octanol–water partition coefficient (Wildman–Crippen LogP) is 2.61. The number of rotatable bonds is 7. The molecule has 2 nitrogen and oxygen atoms in total. The van der Waals surface area contributed by atoms with Crippen LogP contribution in [0.3, 0.4) is 0 Å². The zero-order valence-corrected chi connectivity index (χ0v) is 7.33. The van der Waals surface area contributed by atoms with Gasteiger partial charge in [-0.1, -0.05) is 18.9 Å². The molecule has 0 rings (SSSR count). The molecule has 2 heteroatoms. The van der Waals surface area contributed by atoms with Gasteiger partial charge in [-0.2, -0.15) is 5.26 Å². The Morgan fingerprint density at radius 2 is 1.92 bits per heavy atom. The van der Waals surface area contributed by atoms with E-state index in [0.717, 1.165) is 38.4 Å². The van der Waals surface area contributed by atoms with Gasteiger partial charge in [-0.3, -0.25) is 4.79 Å². The quantitative estimate of drug-likeness (QED) is 0.330. The second-order valence-electron chi connectivity index (χ2n) is 2.68. The third-order valence-corrected chi connectivity index (χ3v) is 1.62. The van der Waals surface area contributed by atoms with Crippen LogP contribution in [0.5, 0.6) is 0 Å². The molecule has 66 valence electrons. The summed E-state index contributed by atoms with van der Waals surface area (Å²) in [6.45, 7) is 0. The molecule has 0 saturated carbocycles. The summed E-state index contributed by atoms with van der Waals surface area (Å²) in [7, 11) is 0. The van der Waals surface area contributed by atoms with Gasteiger partial charge in [0.25, 0.3) is 0 Å². The first kappa shape index (κ1) is 10.9. The second kappa shape index (κ2) is 9.90. The van der Waals surface area contributed by atoms with Crippen molar-refractivity contribution >= 4 is 6.29 Å². The Morgan fingerprint density at radius 1 is 1.17 bits per heavy atom. The largest absolute Gasteiger partial charge is 0.299 e. The molecule has 0 aliphatic rings. The Morgan fingerprint density at radius 3 is 2.58 bits per heavy atom. The Kier molecular flexibility index (Phi) is 8.99. The van der Waals surface area contributed by atoms with Gasteiger partial charge in [-0.15, -0.1) is 0 Å². The highest BCUT2D eigenvalue weighted by Gasteiger charge is 1.87. The molecule has 0 aromatic carbocycles. The summed E-state index contributed by atoms with van der Waals surface area (Å²) in [5.74, 6) is 0. The zero-order valence-electron chi connectivity index (χ0n) is 7.33. The van der Waals surface area contributed by atoms with Crippen molar-refractivity contribution in [3.63, 3.8) is 0 Å². The summed E-state index contributed by atoms with van der Waals surface area (Å²) >= 11 is 0. The lowest BCUT2D eigenvalue weighted by atomic mass is 10.1. The number of aldehydes is 1. The topological polar surface area (TPSA) is 40.9 Å². The molecule has 0 atom stereocenters. The van der Waals surface area contributed by atoms with Crippen molar-refractivity contribution in [2.45, 2.75) is 38.5 Å². The van der Waals surface area contributed by atoms with E-state index in [1.807, 2.05) is 6.08 Å². The lowest BCUT2D eigenvalue weighted by Crippen LogP contribution is -1.76. The third-order valence-electron chi connectivity index (χ3n) is 1.62. The van der Waals surface area contributed by atoms with Gasteiger partial charge in [-0.05, 0) is 25.3 Å². The first-order valence-corrected chi connectivity index (χ1v) is 4.39. The summed E-state index contributed by atoms with van der Waals surface area (Å²) in [5.41, 5.74) is 0. The van der Waals surface area contributed by atoms with Crippen molar-refractivity contribution in [2.75, 3.05) is 0 Å². The summed E-state index contributed by atoms with van der Waals surface area (Å²) in [6, 6.07) is 2.12. The smallest absolute Gasteiger partial charge is 0.142 e. The van der Waals surface area contributed by atoms with Crippen LogP contribution in [-0.4, -0.2) is 6.29 Å². The number of unbranched alkanes of at least 4 members (excludes halogenated alkanes) is 5. The number of hydrogen-bond acceptors (Lipinski definition) is 2. The predicted molar refractivity (Wildman–Crippen MR) is 48.5 cm³/mol. The Balaban J connectivity index is 2.96. The summed E-state index contributed by atoms with van der Waals surface area (Å²) in [5, 5.41) is 8.24. The van der Waals surface area contributed by atoms with Crippen LogP contribution in [0, 0.1) is 11.3 Å². The summed E-state index contributed by atoms with van der Waals surface area (Å²) < 4.78 is 0. The second-order valence-corrected chi connectivity index (χ2v) is 2.68. The number of carbonyl (C=O) groups is 1. The van der Waals surface area contributed by atoms with Crippen LogP contribution in [0.1, 0.15) is 38.5 Å². The first-order valence-electron chi connectivity index (χ1n) is 4.39. The molecule has 0 aliphatic heterocycles. The van der Waals surface area contributed by atoms with Gasteiger partial charge in [0, 0.05) is 6.42 Å². The molecule has 12 heavy (non-hydrogen) atoms. The molecule has 0 radical (unpaired) electrons. The molecule has 0 aromatic rings. The van der Waals surface area contributed by atoms with Gasteiger partial charge in [0.2, 0.25) is 0 Å². The van der Waals surface area contributed by atoms with Gasteiger partial charge < -0.3 is 0 Å². The normalized spacial score (nSPS) is 9.92. The van der Waals surface area contributed by atoms with Crippen LogP contribution >= 0.6 is 0 Å². The minimum absolute atomic E-state index is 0.671. The van der Waals surface area contributed by atoms with Crippen LogP contribution < -0.4 is 0 Å². The van der Waals surface area contributed by atoms with Gasteiger partial charge >= 0.3 is 0 Å². The van der Waals surface area contributed by atoms with Crippen molar-refractivity contribution in [2.24, 2.45) is 0 Å². The Labute approximate surface area is 73.9 Å². The highest BCUT2D eigenvalue weighted by atomic mass is 16.1. The fourth-order valence-electron chi connectivity index (χ4n) is 0.972. The monoisotopic (exact) mass is 165 g/mol. The number of carbonyl (C=O) groups excluding carboxylic acids is 1. The number of nitrogens with zero attached hydrogens (tertiary/aromatic N) is 1. The van der Waals surface area contributed by atoms with Gasteiger partial charge in [0.1, 0.15) is 6.29 Å². The maximum Gasteiger partial charge on any atom is 0.142 e. The zero-order chi connectivity index (χ0) is 9.07. The standard InChI is InChI=1S/C10H15NO/c11-9-7-5-3-1-2-4-6-8-10-12/h6,8,10H,1-5,7H2. The van der Waals surface area contributed by atoms with E-state index < -0.39 is 0 Å². The van der Waals surface area contributed by atoms with E-state index in [9.17, 15) is 4.79 Å². The third kappa shape index (κ3) is 8.90. The fourth-order valence-corrected chi connectivity index (χ4v) is 0.972. The molecule has 0 aromatic heterocycles. The van der Waals surface area contributed by atoms with Gasteiger partial charge in [-0.25, -0.2) is 0 Å². The average molecular weight is 165 g/mol. The van der Waals surface area contributed by atoms with Gasteiger partial charge in [0.05, 0.1) is 6.07 Å². The molecule has 0 N–H and O–H groups in total. The molecule has 0 bridgehead atoms. The summed E-state index contributed by atoms with van der Waals surface area (Å²) in [6.07, 6.45) is 10.3. The van der Waals surface area contributed by atoms with Crippen molar-refractivity contribution < 1.29 is 4.79 Å². The van der Waals surface area contributed by atoms with E-state index in [4.69, 9.17) is 5.26 Å². The fraction of sp³-hybridized carbons (Fsp3) is 0.600. The minimum Gasteiger partial charge on any atom is -0.299 e. The average Bonchev–Trinajstić information content (AvgIpc) is 2.10. The lowest BCUT2D eigenvalue weighted by Gasteiger charge is -1.94. The Bertz CT molecular complexity index is 167. The molecule has 0 saturated heterocycles. The van der Waals surface area contributed by atoms with Crippen LogP contribution in [0.15, 0.2) is 12.2 Å². The van der Waals surface area contributed by atoms with Crippen LogP contribution in [0.4, 0.5) is 0 Å².